The average Bonchev–Trinajstić information content (AvgIpc) is 3.09. The highest BCUT2D eigenvalue weighted by Gasteiger charge is 2.52. The molecule has 1 heterocycles. The summed E-state index contributed by atoms with van der Waals surface area (Å²) in [5.74, 6) is 2.32. The van der Waals surface area contributed by atoms with Crippen LogP contribution in [0.4, 0.5) is 0 Å². The third-order valence-corrected chi connectivity index (χ3v) is 11.9. The quantitative estimate of drug-likeness (QED) is 0.771. The Balaban J connectivity index is 1.65. The van der Waals surface area contributed by atoms with E-state index < -0.39 is 8.24 Å². The number of nitrogens with one attached hydrogen (secondary N) is 1. The van der Waals surface area contributed by atoms with Crippen LogP contribution in [0.2, 0.25) is 18.6 Å². The van der Waals surface area contributed by atoms with E-state index in [1.54, 1.807) is 5.57 Å². The third kappa shape index (κ3) is 3.15. The van der Waals surface area contributed by atoms with Crippen molar-refractivity contribution < 1.29 is 0 Å². The fraction of sp³-hybridized carbons (Fsp3) is 0.565. The molecule has 4 unspecified atom stereocenters. The van der Waals surface area contributed by atoms with E-state index in [0.29, 0.717) is 5.92 Å². The molecule has 0 bridgehead atoms. The predicted octanol–water partition coefficient (Wildman–Crippen LogP) is 4.78. The number of fused-ring (bicyclic) bond motifs is 1. The second-order valence-corrected chi connectivity index (χ2v) is 13.5. The molecule has 1 saturated carbocycles. The first-order valence-corrected chi connectivity index (χ1v) is 13.5. The van der Waals surface area contributed by atoms with E-state index in [1.807, 2.05) is 0 Å². The lowest BCUT2D eigenvalue weighted by Crippen LogP contribution is -2.60. The maximum Gasteiger partial charge on any atom is 0.126 e. The van der Waals surface area contributed by atoms with Gasteiger partial charge in [-0.3, -0.25) is 0 Å². The van der Waals surface area contributed by atoms with Crippen LogP contribution in [-0.4, -0.2) is 39.0 Å². The van der Waals surface area contributed by atoms with E-state index in [-0.39, 0.29) is 0 Å². The number of piperazine rings is 1. The number of hydrogen-bond donors (Lipinski definition) is 1. The highest BCUT2D eigenvalue weighted by molar-refractivity contribution is 6.76. The highest BCUT2D eigenvalue weighted by Crippen LogP contribution is 2.58. The molecular formula is C23H34N2Si. The van der Waals surface area contributed by atoms with Crippen molar-refractivity contribution in [3.63, 3.8) is 0 Å². The van der Waals surface area contributed by atoms with Crippen LogP contribution in [0.3, 0.4) is 0 Å². The zero-order valence-corrected chi connectivity index (χ0v) is 17.6. The van der Waals surface area contributed by atoms with Crippen molar-refractivity contribution in [3.05, 3.63) is 54.1 Å². The Hall–Kier alpha value is -1.16. The topological polar surface area (TPSA) is 15.3 Å². The molecule has 0 amide bonds. The summed E-state index contributed by atoms with van der Waals surface area (Å²) in [6.45, 7) is 12.6. The summed E-state index contributed by atoms with van der Waals surface area (Å²) in [5.41, 5.74) is 3.90. The molecule has 0 spiro atoms. The van der Waals surface area contributed by atoms with E-state index in [4.69, 9.17) is 0 Å². The normalized spacial score (nSPS) is 32.3. The third-order valence-electron chi connectivity index (χ3n) is 7.33. The van der Waals surface area contributed by atoms with E-state index in [2.05, 4.69) is 78.5 Å². The van der Waals surface area contributed by atoms with E-state index >= 15 is 0 Å². The van der Waals surface area contributed by atoms with Crippen LogP contribution in [-0.2, 0) is 0 Å². The van der Waals surface area contributed by atoms with Crippen LogP contribution in [0.5, 0.6) is 0 Å². The zero-order chi connectivity index (χ0) is 18.1. The van der Waals surface area contributed by atoms with Crippen LogP contribution in [0.25, 0.3) is 5.57 Å². The van der Waals surface area contributed by atoms with Crippen molar-refractivity contribution in [3.8, 4) is 0 Å². The molecule has 1 saturated heterocycles. The molecule has 1 aromatic rings. The van der Waals surface area contributed by atoms with E-state index in [9.17, 15) is 0 Å². The average molecular weight is 367 g/mol. The Bertz CT molecular complexity index is 673. The lowest BCUT2D eigenvalue weighted by atomic mass is 9.81. The molecule has 2 nitrogen and oxygen atoms in total. The van der Waals surface area contributed by atoms with Crippen molar-refractivity contribution in [1.29, 1.82) is 0 Å². The van der Waals surface area contributed by atoms with Gasteiger partial charge in [-0.25, -0.2) is 0 Å². The van der Waals surface area contributed by atoms with Crippen LogP contribution in [0.1, 0.15) is 25.3 Å². The summed E-state index contributed by atoms with van der Waals surface area (Å²) in [4.78, 5) is 0. The Kier molecular flexibility index (Phi) is 5.22. The second kappa shape index (κ2) is 7.45. The predicted molar refractivity (Wildman–Crippen MR) is 115 cm³/mol. The number of rotatable bonds is 4. The monoisotopic (exact) mass is 366 g/mol. The first-order valence-electron chi connectivity index (χ1n) is 10.5. The molecule has 3 aliphatic rings. The Morgan fingerprint density at radius 1 is 1.12 bits per heavy atom. The van der Waals surface area contributed by atoms with Gasteiger partial charge in [0.25, 0.3) is 0 Å². The summed E-state index contributed by atoms with van der Waals surface area (Å²) >= 11 is 0. The maximum absolute atomic E-state index is 3.54. The number of allylic oxidation sites excluding steroid dienone is 4. The van der Waals surface area contributed by atoms with Crippen LogP contribution in [0.15, 0.2) is 48.6 Å². The Morgan fingerprint density at radius 2 is 1.85 bits per heavy atom. The molecule has 1 N–H and O–H groups in total. The van der Waals surface area contributed by atoms with Gasteiger partial charge in [0.2, 0.25) is 0 Å². The molecule has 2 aliphatic carbocycles. The fourth-order valence-electron chi connectivity index (χ4n) is 6.05. The molecular weight excluding hydrogens is 332 g/mol. The van der Waals surface area contributed by atoms with Crippen LogP contribution in [0, 0.1) is 17.8 Å². The van der Waals surface area contributed by atoms with Gasteiger partial charge in [-0.15, -0.1) is 0 Å². The summed E-state index contributed by atoms with van der Waals surface area (Å²) in [6.07, 6.45) is 10.0. The molecule has 1 aromatic carbocycles. The van der Waals surface area contributed by atoms with Gasteiger partial charge >= 0.3 is 0 Å². The number of nitrogens with zero attached hydrogens (tertiary/aromatic N) is 1. The smallest absolute Gasteiger partial charge is 0.126 e. The van der Waals surface area contributed by atoms with E-state index in [1.165, 1.54) is 44.6 Å². The van der Waals surface area contributed by atoms with Crippen molar-refractivity contribution in [2.24, 2.45) is 17.8 Å². The van der Waals surface area contributed by atoms with Gasteiger partial charge in [0.15, 0.2) is 0 Å². The van der Waals surface area contributed by atoms with Gasteiger partial charge in [0.1, 0.15) is 8.24 Å². The largest absolute Gasteiger partial charge is 0.321 e. The minimum atomic E-state index is -1.48. The minimum absolute atomic E-state index is 0.715. The molecule has 0 radical (unpaired) electrons. The van der Waals surface area contributed by atoms with Gasteiger partial charge < -0.3 is 9.88 Å². The lowest BCUT2D eigenvalue weighted by Gasteiger charge is -2.47. The molecule has 26 heavy (non-hydrogen) atoms. The number of benzene rings is 1. The first kappa shape index (κ1) is 18.2. The SMILES string of the molecule is CCC1CC2C(c3ccccc3)=CC=CC2C1[Si](C)(C)N1CCNCC1. The zero-order valence-electron chi connectivity index (χ0n) is 16.6. The van der Waals surface area contributed by atoms with Crippen molar-refractivity contribution in [1.82, 2.24) is 9.88 Å². The molecule has 140 valence electrons. The van der Waals surface area contributed by atoms with Gasteiger partial charge in [0, 0.05) is 26.2 Å². The fourth-order valence-corrected chi connectivity index (χ4v) is 10.7. The van der Waals surface area contributed by atoms with Gasteiger partial charge in [-0.05, 0) is 40.9 Å². The molecule has 4 atom stereocenters. The van der Waals surface area contributed by atoms with Gasteiger partial charge in [-0.1, -0.05) is 75.0 Å². The molecule has 3 heteroatoms. The number of hydrogen-bond acceptors (Lipinski definition) is 2. The first-order chi connectivity index (χ1) is 12.6. The van der Waals surface area contributed by atoms with Crippen molar-refractivity contribution >= 4 is 13.8 Å². The molecule has 0 aromatic heterocycles. The maximum atomic E-state index is 3.54. The summed E-state index contributed by atoms with van der Waals surface area (Å²) < 4.78 is 2.90. The lowest BCUT2D eigenvalue weighted by molar-refractivity contribution is 0.337. The Morgan fingerprint density at radius 3 is 2.54 bits per heavy atom. The molecule has 1 aliphatic heterocycles. The molecule has 4 rings (SSSR count). The van der Waals surface area contributed by atoms with Gasteiger partial charge in [-0.2, -0.15) is 0 Å². The van der Waals surface area contributed by atoms with Crippen molar-refractivity contribution in [2.45, 2.75) is 38.4 Å². The second-order valence-electron chi connectivity index (χ2n) is 8.88. The van der Waals surface area contributed by atoms with Gasteiger partial charge in [0.05, 0.1) is 0 Å². The Labute approximate surface area is 160 Å². The summed E-state index contributed by atoms with van der Waals surface area (Å²) in [6, 6.07) is 11.1. The molecule has 2 fully saturated rings. The standard InChI is InChI=1S/C23H34N2Si/c1-4-18-17-22-20(19-9-6-5-7-10-19)11-8-12-21(22)23(18)26(2,3)25-15-13-24-14-16-25/h5-12,18,21-24H,4,13-17H2,1-3H3. The summed E-state index contributed by atoms with van der Waals surface area (Å²) in [7, 11) is -1.48. The summed E-state index contributed by atoms with van der Waals surface area (Å²) in [5, 5.41) is 3.54. The van der Waals surface area contributed by atoms with Crippen molar-refractivity contribution in [2.75, 3.05) is 26.2 Å². The highest BCUT2D eigenvalue weighted by atomic mass is 28.3. The van der Waals surface area contributed by atoms with Crippen LogP contribution >= 0.6 is 0 Å². The van der Waals surface area contributed by atoms with E-state index in [0.717, 1.165) is 17.4 Å². The van der Waals surface area contributed by atoms with Crippen LogP contribution < -0.4 is 5.32 Å². The minimum Gasteiger partial charge on any atom is -0.321 e.